The van der Waals surface area contributed by atoms with E-state index in [1.807, 2.05) is 0 Å². The number of amides is 1. The summed E-state index contributed by atoms with van der Waals surface area (Å²) >= 11 is 6.20. The van der Waals surface area contributed by atoms with Gasteiger partial charge in [0.1, 0.15) is 0 Å². The maximum absolute atomic E-state index is 12.4. The van der Waals surface area contributed by atoms with Crippen molar-refractivity contribution >= 4 is 17.5 Å². The molecule has 20 heavy (non-hydrogen) atoms. The average molecular weight is 298 g/mol. The molecule has 0 aliphatic carbocycles. The Kier molecular flexibility index (Phi) is 4.76. The Labute approximate surface area is 124 Å². The van der Waals surface area contributed by atoms with Crippen LogP contribution in [0.3, 0.4) is 0 Å². The van der Waals surface area contributed by atoms with E-state index in [4.69, 9.17) is 21.1 Å². The van der Waals surface area contributed by atoms with Gasteiger partial charge in [0.15, 0.2) is 11.5 Å². The van der Waals surface area contributed by atoms with Gasteiger partial charge in [-0.2, -0.15) is 0 Å². The van der Waals surface area contributed by atoms with Crippen molar-refractivity contribution in [2.75, 3.05) is 26.8 Å². The van der Waals surface area contributed by atoms with Crippen molar-refractivity contribution in [2.24, 2.45) is 5.92 Å². The highest BCUT2D eigenvalue weighted by Crippen LogP contribution is 2.38. The number of benzene rings is 1. The highest BCUT2D eigenvalue weighted by atomic mass is 35.5. The predicted octanol–water partition coefficient (Wildman–Crippen LogP) is 3.23. The Balaban J connectivity index is 2.27. The van der Waals surface area contributed by atoms with Crippen LogP contribution in [0.2, 0.25) is 5.02 Å². The summed E-state index contributed by atoms with van der Waals surface area (Å²) in [5.41, 5.74) is 0.530. The van der Waals surface area contributed by atoms with Crippen LogP contribution in [0.1, 0.15) is 30.6 Å². The van der Waals surface area contributed by atoms with E-state index in [9.17, 15) is 4.79 Å². The van der Waals surface area contributed by atoms with Gasteiger partial charge >= 0.3 is 0 Å². The molecule has 1 aromatic carbocycles. The van der Waals surface area contributed by atoms with Crippen LogP contribution in [0.15, 0.2) is 12.1 Å². The quantitative estimate of drug-likeness (QED) is 0.860. The Bertz CT molecular complexity index is 502. The number of carbonyl (C=O) groups excluding carboxylic acids is 1. The third kappa shape index (κ3) is 3.37. The third-order valence-electron chi connectivity index (χ3n) is 3.03. The molecule has 1 aromatic rings. The fraction of sp³-hybridized carbons (Fsp3) is 0.533. The molecule has 0 unspecified atom stereocenters. The zero-order valence-electron chi connectivity index (χ0n) is 12.1. The van der Waals surface area contributed by atoms with E-state index in [0.29, 0.717) is 47.8 Å². The van der Waals surface area contributed by atoms with Crippen LogP contribution in [-0.2, 0) is 0 Å². The summed E-state index contributed by atoms with van der Waals surface area (Å²) in [7, 11) is 1.79. The highest BCUT2D eigenvalue weighted by Gasteiger charge is 2.20. The monoisotopic (exact) mass is 297 g/mol. The van der Waals surface area contributed by atoms with Crippen molar-refractivity contribution in [1.82, 2.24) is 4.90 Å². The van der Waals surface area contributed by atoms with Gasteiger partial charge in [-0.05, 0) is 18.1 Å². The van der Waals surface area contributed by atoms with E-state index in [-0.39, 0.29) is 5.91 Å². The molecule has 0 aromatic heterocycles. The van der Waals surface area contributed by atoms with Crippen molar-refractivity contribution in [3.8, 4) is 11.5 Å². The average Bonchev–Trinajstić information content (AvgIpc) is 2.62. The fourth-order valence-electron chi connectivity index (χ4n) is 2.21. The number of fused-ring (bicyclic) bond motifs is 1. The topological polar surface area (TPSA) is 38.8 Å². The molecule has 5 heteroatoms. The lowest BCUT2D eigenvalue weighted by Crippen LogP contribution is -2.30. The van der Waals surface area contributed by atoms with Crippen molar-refractivity contribution in [2.45, 2.75) is 20.3 Å². The first-order chi connectivity index (χ1) is 9.49. The lowest BCUT2D eigenvalue weighted by Gasteiger charge is -2.20. The van der Waals surface area contributed by atoms with Crippen LogP contribution in [-0.4, -0.2) is 37.6 Å². The van der Waals surface area contributed by atoms with Gasteiger partial charge in [-0.1, -0.05) is 25.4 Å². The summed E-state index contributed by atoms with van der Waals surface area (Å²) in [6, 6.07) is 3.36. The number of carbonyl (C=O) groups is 1. The Morgan fingerprint density at radius 1 is 1.35 bits per heavy atom. The van der Waals surface area contributed by atoms with Gasteiger partial charge in [0, 0.05) is 25.6 Å². The molecular weight excluding hydrogens is 278 g/mol. The number of halogens is 1. The van der Waals surface area contributed by atoms with Crippen molar-refractivity contribution < 1.29 is 14.3 Å². The minimum absolute atomic E-state index is 0.0590. The molecule has 0 atom stereocenters. The molecule has 1 aliphatic rings. The molecule has 1 aliphatic heterocycles. The van der Waals surface area contributed by atoms with Crippen LogP contribution in [0.4, 0.5) is 0 Å². The molecule has 0 spiro atoms. The van der Waals surface area contributed by atoms with Crippen molar-refractivity contribution in [3.63, 3.8) is 0 Å². The fourth-order valence-corrected chi connectivity index (χ4v) is 2.47. The van der Waals surface area contributed by atoms with Crippen LogP contribution in [0.25, 0.3) is 0 Å². The van der Waals surface area contributed by atoms with E-state index in [1.165, 1.54) is 0 Å². The maximum Gasteiger partial charge on any atom is 0.253 e. The van der Waals surface area contributed by atoms with E-state index in [2.05, 4.69) is 13.8 Å². The van der Waals surface area contributed by atoms with E-state index < -0.39 is 0 Å². The molecular formula is C15H20ClNO3. The normalized spacial score (nSPS) is 14.1. The van der Waals surface area contributed by atoms with Crippen LogP contribution in [0.5, 0.6) is 11.5 Å². The molecule has 0 saturated heterocycles. The minimum atomic E-state index is -0.0590. The van der Waals surface area contributed by atoms with Gasteiger partial charge in [-0.3, -0.25) is 4.79 Å². The van der Waals surface area contributed by atoms with E-state index in [0.717, 1.165) is 6.42 Å². The summed E-state index contributed by atoms with van der Waals surface area (Å²) in [6.07, 6.45) is 0.807. The molecule has 0 N–H and O–H groups in total. The van der Waals surface area contributed by atoms with E-state index in [1.54, 1.807) is 24.1 Å². The summed E-state index contributed by atoms with van der Waals surface area (Å²) in [4.78, 5) is 14.1. The zero-order chi connectivity index (χ0) is 14.7. The number of rotatable bonds is 3. The van der Waals surface area contributed by atoms with Crippen LogP contribution < -0.4 is 9.47 Å². The molecule has 1 heterocycles. The van der Waals surface area contributed by atoms with Gasteiger partial charge in [0.05, 0.1) is 18.2 Å². The molecule has 0 saturated carbocycles. The smallest absolute Gasteiger partial charge is 0.253 e. The SMILES string of the molecule is CC(C)CN(C)C(=O)c1cc(Cl)c2c(c1)OCCCO2. The van der Waals surface area contributed by atoms with Crippen LogP contribution in [0, 0.1) is 5.92 Å². The number of nitrogens with zero attached hydrogens (tertiary/aromatic N) is 1. The molecule has 0 radical (unpaired) electrons. The Hall–Kier alpha value is -1.42. The largest absolute Gasteiger partial charge is 0.489 e. The first kappa shape index (κ1) is 15.0. The third-order valence-corrected chi connectivity index (χ3v) is 3.32. The second-order valence-electron chi connectivity index (χ2n) is 5.42. The highest BCUT2D eigenvalue weighted by molar-refractivity contribution is 6.32. The summed E-state index contributed by atoms with van der Waals surface area (Å²) in [6.45, 7) is 6.00. The number of hydrogen-bond donors (Lipinski definition) is 0. The maximum atomic E-state index is 12.4. The molecule has 0 fully saturated rings. The van der Waals surface area contributed by atoms with Crippen LogP contribution >= 0.6 is 11.6 Å². The number of ether oxygens (including phenoxy) is 2. The van der Waals surface area contributed by atoms with Gasteiger partial charge in [0.2, 0.25) is 0 Å². The van der Waals surface area contributed by atoms with Gasteiger partial charge < -0.3 is 14.4 Å². The lowest BCUT2D eigenvalue weighted by molar-refractivity contribution is 0.0778. The molecule has 4 nitrogen and oxygen atoms in total. The van der Waals surface area contributed by atoms with Crippen molar-refractivity contribution in [1.29, 1.82) is 0 Å². The lowest BCUT2D eigenvalue weighted by atomic mass is 10.1. The van der Waals surface area contributed by atoms with Gasteiger partial charge in [-0.15, -0.1) is 0 Å². The van der Waals surface area contributed by atoms with Crippen molar-refractivity contribution in [3.05, 3.63) is 22.7 Å². The molecule has 2 rings (SSSR count). The Morgan fingerprint density at radius 2 is 2.05 bits per heavy atom. The van der Waals surface area contributed by atoms with Gasteiger partial charge in [-0.25, -0.2) is 0 Å². The summed E-state index contributed by atoms with van der Waals surface area (Å²) in [5, 5.41) is 0.422. The standard InChI is InChI=1S/C15H20ClNO3/c1-10(2)9-17(3)15(18)11-7-12(16)14-13(8-11)19-5-4-6-20-14/h7-8,10H,4-6,9H2,1-3H3. The summed E-state index contributed by atoms with van der Waals surface area (Å²) < 4.78 is 11.2. The predicted molar refractivity (Wildman–Crippen MR) is 78.9 cm³/mol. The molecule has 1 amide bonds. The zero-order valence-corrected chi connectivity index (χ0v) is 12.9. The van der Waals surface area contributed by atoms with Gasteiger partial charge in [0.25, 0.3) is 5.91 Å². The summed E-state index contributed by atoms with van der Waals surface area (Å²) in [5.74, 6) is 1.44. The second kappa shape index (κ2) is 6.35. The second-order valence-corrected chi connectivity index (χ2v) is 5.82. The molecule has 110 valence electrons. The Morgan fingerprint density at radius 3 is 2.75 bits per heavy atom. The first-order valence-corrected chi connectivity index (χ1v) is 7.21. The number of hydrogen-bond acceptors (Lipinski definition) is 3. The first-order valence-electron chi connectivity index (χ1n) is 6.83. The minimum Gasteiger partial charge on any atom is -0.489 e. The van der Waals surface area contributed by atoms with E-state index >= 15 is 0 Å². The molecule has 0 bridgehead atoms.